The van der Waals surface area contributed by atoms with Crippen LogP contribution in [-0.2, 0) is 0 Å². The number of para-hydroxylation sites is 1. The summed E-state index contributed by atoms with van der Waals surface area (Å²) in [6, 6.07) is 76.7. The number of hydrogen-bond donors (Lipinski definition) is 0. The van der Waals surface area contributed by atoms with Crippen molar-refractivity contribution in [1.29, 1.82) is 0 Å². The summed E-state index contributed by atoms with van der Waals surface area (Å²) in [6.07, 6.45) is 0. The van der Waals surface area contributed by atoms with Crippen molar-refractivity contribution in [3.05, 3.63) is 212 Å². The largest absolute Gasteiger partial charge is 0.454 e. The highest BCUT2D eigenvalue weighted by molar-refractivity contribution is 7.27. The van der Waals surface area contributed by atoms with Crippen molar-refractivity contribution in [3.63, 3.8) is 0 Å². The van der Waals surface area contributed by atoms with E-state index in [1.807, 2.05) is 11.3 Å². The van der Waals surface area contributed by atoms with Gasteiger partial charge >= 0.3 is 0 Å². The number of nitrogens with zero attached hydrogens (tertiary/aromatic N) is 1. The van der Waals surface area contributed by atoms with E-state index in [1.165, 1.54) is 69.5 Å². The molecule has 0 atom stereocenters. The molecule has 2 heterocycles. The second kappa shape index (κ2) is 13.6. The molecule has 2 nitrogen and oxygen atoms in total. The van der Waals surface area contributed by atoms with Gasteiger partial charge in [0.1, 0.15) is 5.58 Å². The van der Waals surface area contributed by atoms with E-state index in [-0.39, 0.29) is 0 Å². The van der Waals surface area contributed by atoms with E-state index in [4.69, 9.17) is 4.42 Å². The summed E-state index contributed by atoms with van der Waals surface area (Å²) in [5, 5.41) is 9.78. The number of furan rings is 1. The number of hydrogen-bond acceptors (Lipinski definition) is 3. The average Bonchev–Trinajstić information content (AvgIpc) is 3.90. The molecule has 0 saturated heterocycles. The zero-order chi connectivity index (χ0) is 38.9. The molecule has 0 aliphatic rings. The van der Waals surface area contributed by atoms with E-state index in [9.17, 15) is 0 Å². The fourth-order valence-corrected chi connectivity index (χ4v) is 10.5. The standard InChI is InChI=1S/C56H35NOS/c1-3-15-36(16-4-1)39-21-13-22-43(33-39)57(50-35-41-20-8-9-23-44(41)52-47-25-11-12-28-51(47)58-54(50)52)42-31-29-38(30-32-42)46-26-14-27-48-53-45-24-10-7-19-40(45)34-49(56(53)59-55(46)48)37-17-5-2-6-18-37/h1-35H. The Bertz CT molecular complexity index is 3550. The Labute approximate surface area is 345 Å². The van der Waals surface area contributed by atoms with E-state index < -0.39 is 0 Å². The predicted molar refractivity (Wildman–Crippen MR) is 253 cm³/mol. The molecule has 0 saturated carbocycles. The second-order valence-corrected chi connectivity index (χ2v) is 16.2. The monoisotopic (exact) mass is 769 g/mol. The highest BCUT2D eigenvalue weighted by Crippen LogP contribution is 2.49. The lowest BCUT2D eigenvalue weighted by Gasteiger charge is -2.27. The van der Waals surface area contributed by atoms with Gasteiger partial charge in [0.05, 0.1) is 5.69 Å². The molecule has 12 aromatic rings. The first-order valence-electron chi connectivity index (χ1n) is 20.1. The van der Waals surface area contributed by atoms with Gasteiger partial charge in [-0.05, 0) is 91.8 Å². The van der Waals surface area contributed by atoms with Crippen LogP contribution in [0.2, 0.25) is 0 Å². The Morgan fingerprint density at radius 3 is 1.73 bits per heavy atom. The Balaban J connectivity index is 1.07. The number of benzene rings is 10. The molecule has 0 spiro atoms. The summed E-state index contributed by atoms with van der Waals surface area (Å²) >= 11 is 1.90. The first kappa shape index (κ1) is 33.7. The van der Waals surface area contributed by atoms with Crippen molar-refractivity contribution in [2.75, 3.05) is 4.90 Å². The summed E-state index contributed by atoms with van der Waals surface area (Å²) in [4.78, 5) is 2.37. The maximum atomic E-state index is 6.83. The minimum absolute atomic E-state index is 0.871. The third-order valence-corrected chi connectivity index (χ3v) is 13.1. The van der Waals surface area contributed by atoms with Crippen LogP contribution in [0.15, 0.2) is 217 Å². The number of anilines is 3. The molecule has 12 rings (SSSR count). The zero-order valence-corrected chi connectivity index (χ0v) is 32.8. The van der Waals surface area contributed by atoms with E-state index >= 15 is 0 Å². The Hall–Kier alpha value is -7.46. The Morgan fingerprint density at radius 1 is 0.356 bits per heavy atom. The van der Waals surface area contributed by atoms with Crippen LogP contribution in [-0.4, -0.2) is 0 Å². The van der Waals surface area contributed by atoms with Crippen molar-refractivity contribution < 1.29 is 4.42 Å². The van der Waals surface area contributed by atoms with Gasteiger partial charge in [0, 0.05) is 47.9 Å². The van der Waals surface area contributed by atoms with Crippen molar-refractivity contribution >= 4 is 92.1 Å². The fraction of sp³-hybridized carbons (Fsp3) is 0. The van der Waals surface area contributed by atoms with Gasteiger partial charge in [-0.25, -0.2) is 0 Å². The lowest BCUT2D eigenvalue weighted by atomic mass is 9.95. The molecule has 0 aliphatic heterocycles. The highest BCUT2D eigenvalue weighted by Gasteiger charge is 2.23. The van der Waals surface area contributed by atoms with Crippen LogP contribution in [0.25, 0.3) is 97.0 Å². The van der Waals surface area contributed by atoms with Gasteiger partial charge in [0.25, 0.3) is 0 Å². The first-order valence-corrected chi connectivity index (χ1v) is 20.9. The lowest BCUT2D eigenvalue weighted by molar-refractivity contribution is 0.669. The molecule has 2 aromatic heterocycles. The second-order valence-electron chi connectivity index (χ2n) is 15.2. The van der Waals surface area contributed by atoms with Gasteiger partial charge in [0.2, 0.25) is 0 Å². The van der Waals surface area contributed by atoms with Crippen LogP contribution in [0, 0.1) is 0 Å². The molecule has 276 valence electrons. The topological polar surface area (TPSA) is 16.4 Å². The minimum atomic E-state index is 0.871. The molecule has 0 aliphatic carbocycles. The smallest absolute Gasteiger partial charge is 0.160 e. The summed E-state index contributed by atoms with van der Waals surface area (Å²) in [5.41, 5.74) is 12.1. The van der Waals surface area contributed by atoms with Crippen LogP contribution in [0.5, 0.6) is 0 Å². The highest BCUT2D eigenvalue weighted by atomic mass is 32.1. The number of rotatable bonds is 6. The molecule has 0 amide bonds. The molecule has 3 heteroatoms. The molecule has 0 fully saturated rings. The third-order valence-electron chi connectivity index (χ3n) is 11.8. The fourth-order valence-electron chi connectivity index (χ4n) is 9.10. The third kappa shape index (κ3) is 5.47. The van der Waals surface area contributed by atoms with Crippen LogP contribution in [0.4, 0.5) is 17.1 Å². The maximum absolute atomic E-state index is 6.83. The molecule has 0 radical (unpaired) electrons. The van der Waals surface area contributed by atoms with E-state index in [2.05, 4.69) is 217 Å². The SMILES string of the molecule is c1ccc(-c2cccc(N(c3ccc(-c4cccc5c4sc4c(-c6ccccc6)cc6ccccc6c45)cc3)c3cc4ccccc4c4c3oc3ccccc34)c2)cc1. The summed E-state index contributed by atoms with van der Waals surface area (Å²) in [6.45, 7) is 0. The molecule has 10 aromatic carbocycles. The van der Waals surface area contributed by atoms with Crippen molar-refractivity contribution in [1.82, 2.24) is 0 Å². The van der Waals surface area contributed by atoms with Gasteiger partial charge in [0.15, 0.2) is 5.58 Å². The van der Waals surface area contributed by atoms with E-state index in [0.717, 1.165) is 44.6 Å². The molecule has 59 heavy (non-hydrogen) atoms. The minimum Gasteiger partial charge on any atom is -0.454 e. The van der Waals surface area contributed by atoms with Crippen molar-refractivity contribution in [2.24, 2.45) is 0 Å². The maximum Gasteiger partial charge on any atom is 0.160 e. The predicted octanol–water partition coefficient (Wildman–Crippen LogP) is 16.7. The Morgan fingerprint density at radius 2 is 0.949 bits per heavy atom. The molecule has 0 N–H and O–H groups in total. The summed E-state index contributed by atoms with van der Waals surface area (Å²) < 4.78 is 9.46. The first-order chi connectivity index (χ1) is 29.3. The lowest BCUT2D eigenvalue weighted by Crippen LogP contribution is -2.10. The number of fused-ring (bicyclic) bond motifs is 10. The van der Waals surface area contributed by atoms with E-state index in [1.54, 1.807) is 0 Å². The quantitative estimate of drug-likeness (QED) is 0.167. The van der Waals surface area contributed by atoms with Crippen LogP contribution in [0.1, 0.15) is 0 Å². The van der Waals surface area contributed by atoms with Gasteiger partial charge in [-0.3, -0.25) is 0 Å². The van der Waals surface area contributed by atoms with Gasteiger partial charge < -0.3 is 9.32 Å². The van der Waals surface area contributed by atoms with Crippen LogP contribution in [0.3, 0.4) is 0 Å². The zero-order valence-electron chi connectivity index (χ0n) is 32.0. The van der Waals surface area contributed by atoms with Crippen molar-refractivity contribution in [3.8, 4) is 33.4 Å². The van der Waals surface area contributed by atoms with Gasteiger partial charge in [-0.2, -0.15) is 0 Å². The summed E-state index contributed by atoms with van der Waals surface area (Å²) in [5.74, 6) is 0. The normalized spacial score (nSPS) is 11.7. The molecule has 0 bridgehead atoms. The van der Waals surface area contributed by atoms with Gasteiger partial charge in [-0.1, -0.05) is 170 Å². The Kier molecular flexibility index (Phi) is 7.75. The van der Waals surface area contributed by atoms with Crippen LogP contribution < -0.4 is 4.90 Å². The molecular weight excluding hydrogens is 735 g/mol. The van der Waals surface area contributed by atoms with E-state index in [0.29, 0.717) is 0 Å². The molecule has 0 unspecified atom stereocenters. The van der Waals surface area contributed by atoms with Crippen LogP contribution >= 0.6 is 11.3 Å². The molecular formula is C56H35NOS. The van der Waals surface area contributed by atoms with Gasteiger partial charge in [-0.15, -0.1) is 11.3 Å². The summed E-state index contributed by atoms with van der Waals surface area (Å²) in [7, 11) is 0. The average molecular weight is 770 g/mol. The number of thiophene rings is 1. The van der Waals surface area contributed by atoms with Crippen molar-refractivity contribution in [2.45, 2.75) is 0 Å².